The van der Waals surface area contributed by atoms with Crippen LogP contribution in [0.25, 0.3) is 0 Å². The Morgan fingerprint density at radius 3 is 0.683 bits per heavy atom. The van der Waals surface area contributed by atoms with Gasteiger partial charge in [-0.1, -0.05) is 407 Å². The van der Waals surface area contributed by atoms with Crippen LogP contribution >= 0.6 is 15.6 Å². The van der Waals surface area contributed by atoms with Crippen LogP contribution in [0.15, 0.2) is 0 Å². The van der Waals surface area contributed by atoms with E-state index in [1.165, 1.54) is 283 Å². The van der Waals surface area contributed by atoms with E-state index in [0.717, 1.165) is 95.8 Å². The lowest BCUT2D eigenvalue weighted by molar-refractivity contribution is -0.161. The van der Waals surface area contributed by atoms with Crippen LogP contribution in [0.2, 0.25) is 0 Å². The first-order valence-electron chi connectivity index (χ1n) is 44.2. The van der Waals surface area contributed by atoms with Crippen LogP contribution < -0.4 is 0 Å². The van der Waals surface area contributed by atoms with E-state index in [9.17, 15) is 43.2 Å². The number of unbranched alkanes of at least 4 members (excludes halogenated alkanes) is 56. The number of hydrogen-bond acceptors (Lipinski definition) is 15. The predicted molar refractivity (Wildman–Crippen MR) is 428 cm³/mol. The van der Waals surface area contributed by atoms with Crippen molar-refractivity contribution >= 4 is 39.5 Å². The fourth-order valence-electron chi connectivity index (χ4n) is 13.3. The average molecular weight is 1520 g/mol. The van der Waals surface area contributed by atoms with Gasteiger partial charge in [-0.25, -0.2) is 9.13 Å². The van der Waals surface area contributed by atoms with Gasteiger partial charge >= 0.3 is 39.5 Å². The van der Waals surface area contributed by atoms with Gasteiger partial charge in [0.25, 0.3) is 0 Å². The molecule has 6 atom stereocenters. The van der Waals surface area contributed by atoms with Crippen molar-refractivity contribution in [2.45, 2.75) is 477 Å². The van der Waals surface area contributed by atoms with E-state index >= 15 is 0 Å². The number of esters is 4. The minimum Gasteiger partial charge on any atom is -0.462 e. The molecule has 0 heterocycles. The number of hydrogen-bond donors (Lipinski definition) is 3. The molecule has 0 rings (SSSR count). The summed E-state index contributed by atoms with van der Waals surface area (Å²) in [6.45, 7) is 7.42. The number of phosphoric acid groups is 2. The van der Waals surface area contributed by atoms with E-state index in [2.05, 4.69) is 34.6 Å². The predicted octanol–water partition coefficient (Wildman–Crippen LogP) is 26.0. The molecule has 0 bridgehead atoms. The molecule has 0 aromatic heterocycles. The third-order valence-corrected chi connectivity index (χ3v) is 22.3. The largest absolute Gasteiger partial charge is 0.472 e. The molecule has 0 fully saturated rings. The summed E-state index contributed by atoms with van der Waals surface area (Å²) in [6, 6.07) is 0. The van der Waals surface area contributed by atoms with Crippen LogP contribution in [0, 0.1) is 5.92 Å². The van der Waals surface area contributed by atoms with Crippen LogP contribution in [0.1, 0.15) is 458 Å². The van der Waals surface area contributed by atoms with Gasteiger partial charge in [0, 0.05) is 25.7 Å². The highest BCUT2D eigenvalue weighted by molar-refractivity contribution is 7.47. The summed E-state index contributed by atoms with van der Waals surface area (Å²) in [5.41, 5.74) is 0. The molecule has 0 amide bonds. The summed E-state index contributed by atoms with van der Waals surface area (Å²) in [4.78, 5) is 73.2. The van der Waals surface area contributed by atoms with Crippen LogP contribution in [0.3, 0.4) is 0 Å². The smallest absolute Gasteiger partial charge is 0.462 e. The minimum absolute atomic E-state index is 0.109. The summed E-state index contributed by atoms with van der Waals surface area (Å²) in [6.07, 6.45) is 70.7. The Hall–Kier alpha value is -1.94. The van der Waals surface area contributed by atoms with Crippen molar-refractivity contribution in [1.29, 1.82) is 0 Å². The minimum atomic E-state index is -4.96. The average Bonchev–Trinajstić information content (AvgIpc) is 0.908. The summed E-state index contributed by atoms with van der Waals surface area (Å²) in [5, 5.41) is 10.7. The number of aliphatic hydroxyl groups is 1. The Balaban J connectivity index is 5.21. The van der Waals surface area contributed by atoms with Crippen molar-refractivity contribution in [1.82, 2.24) is 0 Å². The van der Waals surface area contributed by atoms with Gasteiger partial charge in [0.2, 0.25) is 0 Å². The normalized spacial score (nSPS) is 14.0. The number of ether oxygens (including phenoxy) is 4. The van der Waals surface area contributed by atoms with Crippen molar-refractivity contribution in [2.24, 2.45) is 5.92 Å². The molecule has 3 unspecified atom stereocenters. The van der Waals surface area contributed by atoms with E-state index in [4.69, 9.17) is 37.0 Å². The van der Waals surface area contributed by atoms with Gasteiger partial charge in [0.1, 0.15) is 19.3 Å². The number of rotatable bonds is 85. The van der Waals surface area contributed by atoms with Crippen molar-refractivity contribution in [3.8, 4) is 0 Å². The highest BCUT2D eigenvalue weighted by atomic mass is 31.2. The molecule has 19 heteroatoms. The summed E-state index contributed by atoms with van der Waals surface area (Å²) >= 11 is 0. The molecule has 0 aliphatic carbocycles. The van der Waals surface area contributed by atoms with Gasteiger partial charge in [-0.3, -0.25) is 37.3 Å². The summed E-state index contributed by atoms with van der Waals surface area (Å²) < 4.78 is 68.8. The highest BCUT2D eigenvalue weighted by Gasteiger charge is 2.30. The van der Waals surface area contributed by atoms with Gasteiger partial charge < -0.3 is 33.8 Å². The lowest BCUT2D eigenvalue weighted by Crippen LogP contribution is -2.30. The van der Waals surface area contributed by atoms with Gasteiger partial charge in [-0.15, -0.1) is 0 Å². The lowest BCUT2D eigenvalue weighted by Gasteiger charge is -2.21. The zero-order valence-corrected chi connectivity index (χ0v) is 70.0. The maximum absolute atomic E-state index is 13.1. The zero-order valence-electron chi connectivity index (χ0n) is 68.2. The molecule has 104 heavy (non-hydrogen) atoms. The number of phosphoric ester groups is 2. The number of carbonyl (C=O) groups excluding carboxylic acids is 4. The second-order valence-corrected chi connectivity index (χ2v) is 33.7. The fourth-order valence-corrected chi connectivity index (χ4v) is 14.8. The van der Waals surface area contributed by atoms with Crippen LogP contribution in [-0.2, 0) is 65.4 Å². The molecule has 0 aliphatic heterocycles. The molecule has 0 saturated heterocycles. The lowest BCUT2D eigenvalue weighted by atomic mass is 9.99. The Morgan fingerprint density at radius 2 is 0.462 bits per heavy atom. The molecule has 0 spiro atoms. The van der Waals surface area contributed by atoms with Gasteiger partial charge in [-0.05, 0) is 31.6 Å². The third-order valence-electron chi connectivity index (χ3n) is 20.4. The topological polar surface area (TPSA) is 237 Å². The Bertz CT molecular complexity index is 1980. The molecule has 0 aliphatic rings. The van der Waals surface area contributed by atoms with E-state index in [1.54, 1.807) is 0 Å². The van der Waals surface area contributed by atoms with Crippen molar-refractivity contribution < 1.29 is 80.2 Å². The van der Waals surface area contributed by atoms with Crippen molar-refractivity contribution in [2.75, 3.05) is 39.6 Å². The van der Waals surface area contributed by atoms with Crippen LogP contribution in [0.5, 0.6) is 0 Å². The standard InChI is InChI=1S/C85H166O17P2/c1-6-10-13-16-19-22-25-27-29-36-40-44-49-54-59-64-69-83(88)96-75-81(102-85(90)71-66-61-56-51-46-42-38-34-32-31-33-35-39-43-47-52-57-62-67-78(5)9-4)77-100-104(93,94)98-73-79(86)72-97-103(91,92)99-76-80(74-95-82(87)68-63-58-53-48-24-21-18-15-12-8-3)101-84(89)70-65-60-55-50-45-41-37-30-28-26-23-20-17-14-11-7-2/h78-81,86H,6-77H2,1-5H3,(H,91,92)(H,93,94)/t78?,79-,80+,81+/m0/s1. The van der Waals surface area contributed by atoms with Gasteiger partial charge in [0.15, 0.2) is 12.2 Å². The number of aliphatic hydroxyl groups excluding tert-OH is 1. The monoisotopic (exact) mass is 1520 g/mol. The Morgan fingerprint density at radius 1 is 0.269 bits per heavy atom. The first-order chi connectivity index (χ1) is 50.6. The maximum atomic E-state index is 13.1. The van der Waals surface area contributed by atoms with Crippen molar-refractivity contribution in [3.05, 3.63) is 0 Å². The SMILES string of the molecule is CCCCCCCCCCCCCCCCCCC(=O)OC[C@H](COP(=O)(O)OC[C@@H](O)COP(=O)(O)OC[C@@H](COC(=O)CCCCCCCCCCCC)OC(=O)CCCCCCCCCCCCCCCCCC)OC(=O)CCCCCCCCCCCCCCCCCCCCC(C)CC. The first kappa shape index (κ1) is 102. The molecular weight excluding hydrogens is 1350 g/mol. The molecule has 17 nitrogen and oxygen atoms in total. The van der Waals surface area contributed by atoms with Gasteiger partial charge in [-0.2, -0.15) is 0 Å². The Labute approximate surface area is 638 Å². The molecule has 0 aromatic carbocycles. The molecular formula is C85H166O17P2. The van der Waals surface area contributed by atoms with E-state index in [0.29, 0.717) is 25.7 Å². The molecule has 618 valence electrons. The van der Waals surface area contributed by atoms with E-state index in [1.807, 2.05) is 0 Å². The van der Waals surface area contributed by atoms with Crippen LogP contribution in [0.4, 0.5) is 0 Å². The fraction of sp³-hybridized carbons (Fsp3) is 0.953. The van der Waals surface area contributed by atoms with Crippen molar-refractivity contribution in [3.63, 3.8) is 0 Å². The third kappa shape index (κ3) is 76.8. The molecule has 0 saturated carbocycles. The molecule has 0 aromatic rings. The molecule has 0 radical (unpaired) electrons. The second-order valence-electron chi connectivity index (χ2n) is 30.8. The van der Waals surface area contributed by atoms with E-state index < -0.39 is 97.5 Å². The second kappa shape index (κ2) is 77.8. The quantitative estimate of drug-likeness (QED) is 0.0222. The summed E-state index contributed by atoms with van der Waals surface area (Å²) in [5.74, 6) is -1.23. The van der Waals surface area contributed by atoms with Gasteiger partial charge in [0.05, 0.1) is 26.4 Å². The first-order valence-corrected chi connectivity index (χ1v) is 47.2. The zero-order chi connectivity index (χ0) is 76.2. The number of carbonyl (C=O) groups is 4. The maximum Gasteiger partial charge on any atom is 0.472 e. The van der Waals surface area contributed by atoms with Crippen LogP contribution in [-0.4, -0.2) is 96.7 Å². The Kier molecular flexibility index (Phi) is 76.3. The molecule has 3 N–H and O–H groups in total. The van der Waals surface area contributed by atoms with E-state index in [-0.39, 0.29) is 25.7 Å². The summed E-state index contributed by atoms with van der Waals surface area (Å²) in [7, 11) is -9.92. The highest BCUT2D eigenvalue weighted by Crippen LogP contribution is 2.45.